The molecule has 2 fully saturated rings. The Morgan fingerprint density at radius 3 is 2.76 bits per heavy atom. The number of carbonyl (C=O) groups is 1. The third kappa shape index (κ3) is 1.99. The molecule has 0 unspecified atom stereocenters. The molecule has 0 aromatic heterocycles. The molecular formula is C12H18O5. The van der Waals surface area contributed by atoms with Crippen LogP contribution in [-0.4, -0.2) is 43.3 Å². The number of carbonyl (C=O) groups excluding carboxylic acids is 1. The second-order valence-electron chi connectivity index (χ2n) is 4.47. The molecule has 0 bridgehead atoms. The molecule has 2 aliphatic rings. The van der Waals surface area contributed by atoms with Crippen molar-refractivity contribution in [1.82, 2.24) is 0 Å². The number of hydrogen-bond acceptors (Lipinski definition) is 5. The van der Waals surface area contributed by atoms with Crippen LogP contribution in [0.25, 0.3) is 0 Å². The fraction of sp³-hybridized carbons (Fsp3) is 0.750. The van der Waals surface area contributed by atoms with Gasteiger partial charge in [-0.15, -0.1) is 6.58 Å². The zero-order valence-corrected chi connectivity index (χ0v) is 9.93. The molecule has 1 N–H and O–H groups in total. The summed E-state index contributed by atoms with van der Waals surface area (Å²) < 4.78 is 15.9. The monoisotopic (exact) mass is 242 g/mol. The number of allylic oxidation sites excluding steroid dienone is 1. The first-order chi connectivity index (χ1) is 8.14. The van der Waals surface area contributed by atoms with E-state index in [1.54, 1.807) is 6.08 Å². The van der Waals surface area contributed by atoms with E-state index in [0.717, 1.165) is 0 Å². The maximum atomic E-state index is 11.9. The van der Waals surface area contributed by atoms with E-state index in [-0.39, 0.29) is 5.92 Å². The van der Waals surface area contributed by atoms with Gasteiger partial charge in [0.15, 0.2) is 5.79 Å². The molecule has 1 spiro atoms. The first-order valence-corrected chi connectivity index (χ1v) is 5.79. The SMILES string of the molecule is C=CC[C@@H]1[C@@H](C(=O)OC)C2(C[C@@H]1O)OCCO2. The molecule has 1 saturated carbocycles. The third-order valence-electron chi connectivity index (χ3n) is 3.56. The number of aliphatic hydroxyl groups excluding tert-OH is 1. The van der Waals surface area contributed by atoms with Gasteiger partial charge in [-0.1, -0.05) is 6.08 Å². The van der Waals surface area contributed by atoms with Gasteiger partial charge in [-0.2, -0.15) is 0 Å². The normalized spacial score (nSPS) is 35.1. The van der Waals surface area contributed by atoms with Crippen LogP contribution in [0.1, 0.15) is 12.8 Å². The van der Waals surface area contributed by atoms with Crippen molar-refractivity contribution >= 4 is 5.97 Å². The zero-order valence-electron chi connectivity index (χ0n) is 9.93. The summed E-state index contributed by atoms with van der Waals surface area (Å²) in [6.07, 6.45) is 1.91. The minimum absolute atomic E-state index is 0.252. The summed E-state index contributed by atoms with van der Waals surface area (Å²) in [6, 6.07) is 0. The second-order valence-corrected chi connectivity index (χ2v) is 4.47. The van der Waals surface area contributed by atoms with Crippen LogP contribution in [0.15, 0.2) is 12.7 Å². The van der Waals surface area contributed by atoms with Crippen molar-refractivity contribution in [3.8, 4) is 0 Å². The highest BCUT2D eigenvalue weighted by Gasteiger charge is 2.60. The number of aliphatic hydroxyl groups is 1. The summed E-state index contributed by atoms with van der Waals surface area (Å²) in [5.41, 5.74) is 0. The average Bonchev–Trinajstić information content (AvgIpc) is 2.86. The van der Waals surface area contributed by atoms with Crippen molar-refractivity contribution in [3.63, 3.8) is 0 Å². The van der Waals surface area contributed by atoms with Crippen molar-refractivity contribution in [2.24, 2.45) is 11.8 Å². The molecule has 5 heteroatoms. The van der Waals surface area contributed by atoms with Gasteiger partial charge < -0.3 is 19.3 Å². The number of hydrogen-bond donors (Lipinski definition) is 1. The van der Waals surface area contributed by atoms with Gasteiger partial charge in [0, 0.05) is 12.3 Å². The number of methoxy groups -OCH3 is 1. The summed E-state index contributed by atoms with van der Waals surface area (Å²) in [7, 11) is 1.33. The van der Waals surface area contributed by atoms with Crippen LogP contribution in [0.4, 0.5) is 0 Å². The van der Waals surface area contributed by atoms with Crippen molar-refractivity contribution in [2.45, 2.75) is 24.7 Å². The first-order valence-electron chi connectivity index (χ1n) is 5.79. The highest BCUT2D eigenvalue weighted by Crippen LogP contribution is 2.47. The lowest BCUT2D eigenvalue weighted by molar-refractivity contribution is -0.202. The van der Waals surface area contributed by atoms with Crippen LogP contribution >= 0.6 is 0 Å². The zero-order chi connectivity index (χ0) is 12.5. The van der Waals surface area contributed by atoms with Crippen molar-refractivity contribution in [1.29, 1.82) is 0 Å². The van der Waals surface area contributed by atoms with Crippen LogP contribution in [0, 0.1) is 11.8 Å². The quantitative estimate of drug-likeness (QED) is 0.576. The summed E-state index contributed by atoms with van der Waals surface area (Å²) in [6.45, 7) is 4.54. The summed E-state index contributed by atoms with van der Waals surface area (Å²) in [4.78, 5) is 11.9. The Morgan fingerprint density at radius 1 is 1.59 bits per heavy atom. The van der Waals surface area contributed by atoms with Crippen molar-refractivity contribution in [2.75, 3.05) is 20.3 Å². The van der Waals surface area contributed by atoms with Gasteiger partial charge in [0.05, 0.1) is 26.4 Å². The van der Waals surface area contributed by atoms with Gasteiger partial charge in [-0.05, 0) is 6.42 Å². The maximum Gasteiger partial charge on any atom is 0.314 e. The maximum absolute atomic E-state index is 11.9. The fourth-order valence-electron chi connectivity index (χ4n) is 2.85. The molecule has 0 aromatic carbocycles. The van der Waals surface area contributed by atoms with Crippen LogP contribution in [0.2, 0.25) is 0 Å². The Balaban J connectivity index is 2.28. The fourth-order valence-corrected chi connectivity index (χ4v) is 2.85. The topological polar surface area (TPSA) is 65.0 Å². The van der Waals surface area contributed by atoms with Gasteiger partial charge in [0.2, 0.25) is 0 Å². The van der Waals surface area contributed by atoms with Crippen molar-refractivity contribution in [3.05, 3.63) is 12.7 Å². The molecule has 17 heavy (non-hydrogen) atoms. The lowest BCUT2D eigenvalue weighted by Gasteiger charge is -2.29. The van der Waals surface area contributed by atoms with Gasteiger partial charge in [-0.25, -0.2) is 0 Å². The van der Waals surface area contributed by atoms with E-state index in [9.17, 15) is 9.90 Å². The Morgan fingerprint density at radius 2 is 2.24 bits per heavy atom. The standard InChI is InChI=1S/C12H18O5/c1-3-4-8-9(13)7-12(16-5-6-17-12)10(8)11(14)15-2/h3,8-10,13H,1,4-7H2,2H3/t8-,9-,10-/m0/s1. The minimum Gasteiger partial charge on any atom is -0.469 e. The molecule has 96 valence electrons. The molecule has 1 saturated heterocycles. The van der Waals surface area contributed by atoms with Crippen LogP contribution < -0.4 is 0 Å². The largest absolute Gasteiger partial charge is 0.469 e. The highest BCUT2D eigenvalue weighted by atomic mass is 16.7. The molecule has 3 atom stereocenters. The summed E-state index contributed by atoms with van der Waals surface area (Å²) in [5, 5.41) is 10.0. The number of rotatable bonds is 3. The minimum atomic E-state index is -1.000. The molecule has 1 aliphatic carbocycles. The predicted octanol–water partition coefficient (Wildman–Crippen LogP) is 0.476. The predicted molar refractivity (Wildman–Crippen MR) is 59.1 cm³/mol. The lowest BCUT2D eigenvalue weighted by Crippen LogP contribution is -2.42. The van der Waals surface area contributed by atoms with Crippen LogP contribution in [-0.2, 0) is 19.0 Å². The summed E-state index contributed by atoms with van der Waals surface area (Å²) in [5.74, 6) is -2.23. The van der Waals surface area contributed by atoms with E-state index in [0.29, 0.717) is 26.1 Å². The molecule has 0 radical (unpaired) electrons. The average molecular weight is 242 g/mol. The Labute approximate surface area is 100 Å². The van der Waals surface area contributed by atoms with Crippen molar-refractivity contribution < 1.29 is 24.1 Å². The Kier molecular flexibility index (Phi) is 3.51. The van der Waals surface area contributed by atoms with Crippen LogP contribution in [0.5, 0.6) is 0 Å². The first kappa shape index (κ1) is 12.5. The van der Waals surface area contributed by atoms with E-state index in [2.05, 4.69) is 6.58 Å². The van der Waals surface area contributed by atoms with E-state index >= 15 is 0 Å². The highest BCUT2D eigenvalue weighted by molar-refractivity contribution is 5.74. The van der Waals surface area contributed by atoms with E-state index in [4.69, 9.17) is 14.2 Å². The second kappa shape index (κ2) is 4.76. The summed E-state index contributed by atoms with van der Waals surface area (Å²) >= 11 is 0. The van der Waals surface area contributed by atoms with Gasteiger partial charge in [-0.3, -0.25) is 4.79 Å². The van der Waals surface area contributed by atoms with E-state index in [1.807, 2.05) is 0 Å². The smallest absolute Gasteiger partial charge is 0.314 e. The number of esters is 1. The number of ether oxygens (including phenoxy) is 3. The van der Waals surface area contributed by atoms with E-state index < -0.39 is 23.8 Å². The molecule has 0 aromatic rings. The van der Waals surface area contributed by atoms with Gasteiger partial charge in [0.25, 0.3) is 0 Å². The lowest BCUT2D eigenvalue weighted by atomic mass is 9.89. The van der Waals surface area contributed by atoms with Crippen LogP contribution in [0.3, 0.4) is 0 Å². The van der Waals surface area contributed by atoms with E-state index in [1.165, 1.54) is 7.11 Å². The molecule has 2 rings (SSSR count). The molecule has 1 aliphatic heterocycles. The molecule has 5 nitrogen and oxygen atoms in total. The molecule has 1 heterocycles. The Hall–Kier alpha value is -0.910. The van der Waals surface area contributed by atoms with Gasteiger partial charge in [0.1, 0.15) is 5.92 Å². The molecular weight excluding hydrogens is 224 g/mol. The Bertz CT molecular complexity index is 308. The third-order valence-corrected chi connectivity index (χ3v) is 3.56. The van der Waals surface area contributed by atoms with Gasteiger partial charge >= 0.3 is 5.97 Å². The molecule has 0 amide bonds.